The van der Waals surface area contributed by atoms with Gasteiger partial charge in [0.1, 0.15) is 22.9 Å². The lowest BCUT2D eigenvalue weighted by atomic mass is 10.1. The van der Waals surface area contributed by atoms with Crippen LogP contribution in [0.2, 0.25) is 0 Å². The van der Waals surface area contributed by atoms with E-state index in [1.54, 1.807) is 33.1 Å². The summed E-state index contributed by atoms with van der Waals surface area (Å²) in [5.74, 6) is -1.32. The number of fused-ring (bicyclic) bond motifs is 1. The monoisotopic (exact) mass is 601 g/mol. The Bertz CT molecular complexity index is 2000. The molecule has 0 atom stereocenters. The zero-order chi connectivity index (χ0) is 31.7. The van der Waals surface area contributed by atoms with Gasteiger partial charge in [-0.05, 0) is 62.4 Å². The molecule has 0 aliphatic heterocycles. The number of nitrogens with one attached hydrogen (secondary N) is 1. The summed E-state index contributed by atoms with van der Waals surface area (Å²) in [5.41, 5.74) is -0.456. The number of pyridine rings is 1. The minimum Gasteiger partial charge on any atom is -0.495 e. The fourth-order valence-electron chi connectivity index (χ4n) is 4.63. The van der Waals surface area contributed by atoms with Crippen LogP contribution in [0.15, 0.2) is 82.6 Å². The quantitative estimate of drug-likeness (QED) is 0.249. The van der Waals surface area contributed by atoms with Crippen molar-refractivity contribution < 1.29 is 23.0 Å². The van der Waals surface area contributed by atoms with Gasteiger partial charge in [0.15, 0.2) is 11.6 Å². The van der Waals surface area contributed by atoms with Gasteiger partial charge < -0.3 is 19.7 Å². The van der Waals surface area contributed by atoms with Crippen molar-refractivity contribution >= 4 is 28.2 Å². The van der Waals surface area contributed by atoms with Gasteiger partial charge in [-0.2, -0.15) is 0 Å². The van der Waals surface area contributed by atoms with Gasteiger partial charge in [0.05, 0.1) is 24.0 Å². The van der Waals surface area contributed by atoms with Gasteiger partial charge in [0.25, 0.3) is 11.5 Å². The number of benzene rings is 3. The van der Waals surface area contributed by atoms with E-state index in [0.29, 0.717) is 22.4 Å². The van der Waals surface area contributed by atoms with E-state index in [0.717, 1.165) is 34.7 Å². The number of rotatable bonds is 8. The Morgan fingerprint density at radius 1 is 0.955 bits per heavy atom. The molecular formula is C32H29F2N5O5. The molecular weight excluding hydrogens is 572 g/mol. The first-order chi connectivity index (χ1) is 21.0. The van der Waals surface area contributed by atoms with Crippen molar-refractivity contribution in [2.45, 2.75) is 19.9 Å². The van der Waals surface area contributed by atoms with Crippen molar-refractivity contribution in [3.05, 3.63) is 111 Å². The second-order valence-corrected chi connectivity index (χ2v) is 10.4. The molecule has 0 spiro atoms. The third kappa shape index (κ3) is 5.74. The highest BCUT2D eigenvalue weighted by atomic mass is 19.1. The maximum Gasteiger partial charge on any atom is 0.335 e. The number of methoxy groups -OCH3 is 1. The van der Waals surface area contributed by atoms with Crippen molar-refractivity contribution in [3.63, 3.8) is 0 Å². The number of halogens is 2. The van der Waals surface area contributed by atoms with Crippen LogP contribution in [0, 0.1) is 11.6 Å². The van der Waals surface area contributed by atoms with Crippen LogP contribution in [0.1, 0.15) is 30.2 Å². The van der Waals surface area contributed by atoms with Crippen LogP contribution in [-0.2, 0) is 0 Å². The number of nitrogens with zero attached hydrogens (tertiary/aromatic N) is 4. The second-order valence-electron chi connectivity index (χ2n) is 10.4. The second kappa shape index (κ2) is 12.0. The summed E-state index contributed by atoms with van der Waals surface area (Å²) in [6.45, 7) is 3.42. The van der Waals surface area contributed by atoms with Crippen molar-refractivity contribution in [1.29, 1.82) is 0 Å². The summed E-state index contributed by atoms with van der Waals surface area (Å²) in [7, 11) is 5.29. The van der Waals surface area contributed by atoms with E-state index in [4.69, 9.17) is 9.47 Å². The molecule has 2 heterocycles. The first kappa shape index (κ1) is 30.0. The van der Waals surface area contributed by atoms with Gasteiger partial charge in [-0.25, -0.2) is 18.1 Å². The molecule has 226 valence electrons. The van der Waals surface area contributed by atoms with E-state index in [1.807, 2.05) is 25.1 Å². The lowest BCUT2D eigenvalue weighted by molar-refractivity contribution is 0.102. The number of amides is 1. The Hall–Kier alpha value is -5.52. The van der Waals surface area contributed by atoms with E-state index in [1.165, 1.54) is 35.0 Å². The van der Waals surface area contributed by atoms with E-state index < -0.39 is 34.8 Å². The van der Waals surface area contributed by atoms with E-state index in [9.17, 15) is 18.8 Å². The summed E-state index contributed by atoms with van der Waals surface area (Å²) < 4.78 is 42.2. The number of anilines is 2. The molecule has 1 N–H and O–H groups in total. The highest BCUT2D eigenvalue weighted by molar-refractivity contribution is 6.04. The molecule has 0 fully saturated rings. The van der Waals surface area contributed by atoms with Gasteiger partial charge in [-0.15, -0.1) is 0 Å². The van der Waals surface area contributed by atoms with Crippen LogP contribution >= 0.6 is 0 Å². The lowest BCUT2D eigenvalue weighted by Gasteiger charge is -2.18. The zero-order valence-corrected chi connectivity index (χ0v) is 24.6. The SMILES string of the molecule is COc1cc2nccc(Oc3ccc(NC(=O)c4cn(C(C)C)c(=O)n(-c5ccc(F)cc5)c4=O)cc3F)c2cc1N(C)C. The molecule has 0 radical (unpaired) electrons. The van der Waals surface area contributed by atoms with E-state index in [-0.39, 0.29) is 22.7 Å². The van der Waals surface area contributed by atoms with Gasteiger partial charge in [0, 0.05) is 55.7 Å². The van der Waals surface area contributed by atoms with Crippen LogP contribution in [0.5, 0.6) is 17.2 Å². The average molecular weight is 602 g/mol. The summed E-state index contributed by atoms with van der Waals surface area (Å²) in [4.78, 5) is 45.9. The molecule has 1 amide bonds. The smallest absolute Gasteiger partial charge is 0.335 e. The summed E-state index contributed by atoms with van der Waals surface area (Å²) >= 11 is 0. The molecule has 3 aromatic carbocycles. The number of hydrogen-bond donors (Lipinski definition) is 1. The zero-order valence-electron chi connectivity index (χ0n) is 24.6. The number of aromatic nitrogens is 3. The van der Waals surface area contributed by atoms with Gasteiger partial charge in [-0.3, -0.25) is 19.1 Å². The number of carbonyl (C=O) groups is 1. The van der Waals surface area contributed by atoms with E-state index >= 15 is 4.39 Å². The van der Waals surface area contributed by atoms with Crippen LogP contribution < -0.4 is 30.9 Å². The summed E-state index contributed by atoms with van der Waals surface area (Å²) in [6, 6.07) is 13.4. The molecule has 0 saturated carbocycles. The average Bonchev–Trinajstić information content (AvgIpc) is 2.98. The standard InChI is InChI=1S/C32H29F2N5O5/c1-18(2)38-17-23(31(41)39(32(38)42)21-9-6-19(33)7-10-21)30(40)36-20-8-11-28(24(34)14-20)44-27-12-13-35-25-16-29(43-5)26(37(3)4)15-22(25)27/h6-18H,1-5H3,(H,36,40). The van der Waals surface area contributed by atoms with Crippen LogP contribution in [0.4, 0.5) is 20.2 Å². The molecule has 0 bridgehead atoms. The molecule has 12 heteroatoms. The Labute approximate surface area is 250 Å². The van der Waals surface area contributed by atoms with Crippen LogP contribution in [-0.4, -0.2) is 41.2 Å². The molecule has 0 unspecified atom stereocenters. The normalized spacial score (nSPS) is 11.1. The molecule has 0 aliphatic carbocycles. The molecule has 5 aromatic rings. The Morgan fingerprint density at radius 2 is 1.68 bits per heavy atom. The van der Waals surface area contributed by atoms with Crippen LogP contribution in [0.3, 0.4) is 0 Å². The van der Waals surface area contributed by atoms with Crippen molar-refractivity contribution in [3.8, 4) is 22.9 Å². The maximum atomic E-state index is 15.3. The summed E-state index contributed by atoms with van der Waals surface area (Å²) in [6.07, 6.45) is 2.69. The first-order valence-corrected chi connectivity index (χ1v) is 13.6. The number of hydrogen-bond acceptors (Lipinski definition) is 7. The minimum absolute atomic E-state index is 0.0501. The molecule has 5 rings (SSSR count). The Balaban J connectivity index is 1.46. The third-order valence-electron chi connectivity index (χ3n) is 6.89. The summed E-state index contributed by atoms with van der Waals surface area (Å²) in [5, 5.41) is 3.14. The maximum absolute atomic E-state index is 15.3. The van der Waals surface area contributed by atoms with Crippen molar-refractivity contribution in [2.24, 2.45) is 0 Å². The number of carbonyl (C=O) groups excluding carboxylic acids is 1. The van der Waals surface area contributed by atoms with Crippen molar-refractivity contribution in [2.75, 3.05) is 31.4 Å². The van der Waals surface area contributed by atoms with Gasteiger partial charge >= 0.3 is 5.69 Å². The Kier molecular flexibility index (Phi) is 8.17. The fourth-order valence-corrected chi connectivity index (χ4v) is 4.63. The van der Waals surface area contributed by atoms with Gasteiger partial charge in [0.2, 0.25) is 0 Å². The van der Waals surface area contributed by atoms with Crippen molar-refractivity contribution in [1.82, 2.24) is 14.1 Å². The number of ether oxygens (including phenoxy) is 2. The fraction of sp³-hybridized carbons (Fsp3) is 0.188. The molecule has 0 aliphatic rings. The highest BCUT2D eigenvalue weighted by Crippen LogP contribution is 2.37. The first-order valence-electron chi connectivity index (χ1n) is 13.6. The van der Waals surface area contributed by atoms with Crippen LogP contribution in [0.25, 0.3) is 16.6 Å². The van der Waals surface area contributed by atoms with E-state index in [2.05, 4.69) is 10.3 Å². The predicted octanol–water partition coefficient (Wildman–Crippen LogP) is 5.53. The minimum atomic E-state index is -0.908. The molecule has 2 aromatic heterocycles. The molecule has 10 nitrogen and oxygen atoms in total. The Morgan fingerprint density at radius 3 is 2.32 bits per heavy atom. The van der Waals surface area contributed by atoms with Gasteiger partial charge in [-0.1, -0.05) is 0 Å². The largest absolute Gasteiger partial charge is 0.495 e. The highest BCUT2D eigenvalue weighted by Gasteiger charge is 2.21. The molecule has 0 saturated heterocycles. The topological polar surface area (TPSA) is 108 Å². The lowest BCUT2D eigenvalue weighted by Crippen LogP contribution is -2.42. The predicted molar refractivity (Wildman–Crippen MR) is 164 cm³/mol. The third-order valence-corrected chi connectivity index (χ3v) is 6.89. The molecule has 44 heavy (non-hydrogen) atoms.